The Kier molecular flexibility index (Phi) is 3.25. The highest BCUT2D eigenvalue weighted by Crippen LogP contribution is 2.31. The lowest BCUT2D eigenvalue weighted by molar-refractivity contribution is 0.0526. The van der Waals surface area contributed by atoms with Crippen LogP contribution in [0.15, 0.2) is 36.4 Å². The molecule has 0 bridgehead atoms. The normalized spacial score (nSPS) is 12.6. The van der Waals surface area contributed by atoms with Crippen LogP contribution in [0.25, 0.3) is 0 Å². The number of hydrogen-bond donors (Lipinski definition) is 1. The second-order valence-corrected chi connectivity index (χ2v) is 4.91. The van der Waals surface area contributed by atoms with Crippen molar-refractivity contribution in [2.24, 2.45) is 0 Å². The van der Waals surface area contributed by atoms with E-state index in [9.17, 15) is 14.4 Å². The number of nitrogens with two attached hydrogens (primary N) is 1. The smallest absolute Gasteiger partial charge is 0.338 e. The number of carbonyl (C=O) groups excluding carboxylic acids is 3. The Morgan fingerprint density at radius 2 is 1.68 bits per heavy atom. The molecule has 0 radical (unpaired) electrons. The largest absolute Gasteiger partial charge is 0.462 e. The molecular formula is C17H13NO4. The summed E-state index contributed by atoms with van der Waals surface area (Å²) in [6.07, 6.45) is 0. The molecule has 0 fully saturated rings. The molecule has 0 saturated heterocycles. The first-order valence-electron chi connectivity index (χ1n) is 6.83. The quantitative estimate of drug-likeness (QED) is 0.578. The zero-order valence-electron chi connectivity index (χ0n) is 11.9. The molecule has 22 heavy (non-hydrogen) atoms. The maximum Gasteiger partial charge on any atom is 0.338 e. The number of benzene rings is 2. The van der Waals surface area contributed by atoms with Crippen LogP contribution in [0, 0.1) is 0 Å². The zero-order valence-corrected chi connectivity index (χ0v) is 11.9. The highest BCUT2D eigenvalue weighted by molar-refractivity contribution is 6.30. The number of nitrogen functional groups attached to an aromatic ring is 1. The summed E-state index contributed by atoms with van der Waals surface area (Å²) < 4.78 is 4.91. The Bertz CT molecular complexity index is 823. The van der Waals surface area contributed by atoms with Crippen molar-refractivity contribution < 1.29 is 19.1 Å². The Labute approximate surface area is 126 Å². The van der Waals surface area contributed by atoms with E-state index in [2.05, 4.69) is 0 Å². The maximum atomic E-state index is 12.6. The minimum atomic E-state index is -0.573. The van der Waals surface area contributed by atoms with E-state index in [0.717, 1.165) is 0 Å². The molecule has 0 spiro atoms. The van der Waals surface area contributed by atoms with Crippen molar-refractivity contribution in [1.29, 1.82) is 0 Å². The topological polar surface area (TPSA) is 86.5 Å². The molecule has 3 rings (SSSR count). The standard InChI is InChI=1S/C17H13NO4/c1-2-22-17(21)9-7-12-14(13(18)8-9)16(20)11-6-4-3-5-10(11)15(12)19/h3-8H,2,18H2,1H3. The van der Waals surface area contributed by atoms with Gasteiger partial charge in [0.05, 0.1) is 17.7 Å². The summed E-state index contributed by atoms with van der Waals surface area (Å²) in [5, 5.41) is 0. The van der Waals surface area contributed by atoms with Crippen LogP contribution in [0.3, 0.4) is 0 Å². The Morgan fingerprint density at radius 1 is 1.05 bits per heavy atom. The van der Waals surface area contributed by atoms with E-state index < -0.39 is 5.97 Å². The van der Waals surface area contributed by atoms with Gasteiger partial charge in [0, 0.05) is 22.4 Å². The third-order valence-electron chi connectivity index (χ3n) is 3.57. The molecule has 5 heteroatoms. The van der Waals surface area contributed by atoms with E-state index in [1.807, 2.05) is 0 Å². The Morgan fingerprint density at radius 3 is 2.32 bits per heavy atom. The molecule has 1 aliphatic carbocycles. The SMILES string of the molecule is CCOC(=O)c1cc(N)c2c(c1)C(=O)c1ccccc1C2=O. The summed E-state index contributed by atoms with van der Waals surface area (Å²) in [6, 6.07) is 9.31. The van der Waals surface area contributed by atoms with Gasteiger partial charge in [-0.15, -0.1) is 0 Å². The van der Waals surface area contributed by atoms with Crippen molar-refractivity contribution in [3.8, 4) is 0 Å². The molecular weight excluding hydrogens is 282 g/mol. The average Bonchev–Trinajstić information content (AvgIpc) is 2.52. The van der Waals surface area contributed by atoms with Crippen LogP contribution in [0.5, 0.6) is 0 Å². The average molecular weight is 295 g/mol. The van der Waals surface area contributed by atoms with Gasteiger partial charge in [-0.3, -0.25) is 9.59 Å². The number of carbonyl (C=O) groups is 3. The lowest BCUT2D eigenvalue weighted by atomic mass is 9.82. The number of esters is 1. The van der Waals surface area contributed by atoms with Crippen molar-refractivity contribution in [1.82, 2.24) is 0 Å². The second-order valence-electron chi connectivity index (χ2n) is 4.91. The van der Waals surface area contributed by atoms with Crippen molar-refractivity contribution >= 4 is 23.2 Å². The van der Waals surface area contributed by atoms with Gasteiger partial charge in [-0.1, -0.05) is 24.3 Å². The minimum absolute atomic E-state index is 0.105. The molecule has 2 aromatic rings. The number of fused-ring (bicyclic) bond motifs is 2. The van der Waals surface area contributed by atoms with E-state index in [0.29, 0.717) is 11.1 Å². The molecule has 2 aromatic carbocycles. The second kappa shape index (κ2) is 5.11. The molecule has 5 nitrogen and oxygen atoms in total. The number of ketones is 2. The molecule has 0 heterocycles. The van der Waals surface area contributed by atoms with Crippen LogP contribution < -0.4 is 5.73 Å². The van der Waals surface area contributed by atoms with E-state index >= 15 is 0 Å². The van der Waals surface area contributed by atoms with Gasteiger partial charge in [-0.05, 0) is 19.1 Å². The number of rotatable bonds is 2. The number of ether oxygens (including phenoxy) is 1. The first-order valence-corrected chi connectivity index (χ1v) is 6.83. The van der Waals surface area contributed by atoms with E-state index in [-0.39, 0.29) is 40.6 Å². The molecule has 0 aliphatic heterocycles. The van der Waals surface area contributed by atoms with Gasteiger partial charge in [0.15, 0.2) is 11.6 Å². The van der Waals surface area contributed by atoms with Crippen molar-refractivity contribution in [2.75, 3.05) is 12.3 Å². The lowest BCUT2D eigenvalue weighted by Gasteiger charge is -2.19. The fourth-order valence-electron chi connectivity index (χ4n) is 2.59. The minimum Gasteiger partial charge on any atom is -0.462 e. The van der Waals surface area contributed by atoms with Crippen LogP contribution in [-0.2, 0) is 4.74 Å². The van der Waals surface area contributed by atoms with Gasteiger partial charge in [-0.2, -0.15) is 0 Å². The van der Waals surface area contributed by atoms with Crippen LogP contribution in [0.1, 0.15) is 49.1 Å². The summed E-state index contributed by atoms with van der Waals surface area (Å²) in [5.41, 5.74) is 7.12. The summed E-state index contributed by atoms with van der Waals surface area (Å²) in [6.45, 7) is 1.90. The first kappa shape index (κ1) is 14.0. The number of hydrogen-bond acceptors (Lipinski definition) is 5. The van der Waals surface area contributed by atoms with Crippen LogP contribution in [0.4, 0.5) is 5.69 Å². The molecule has 2 N–H and O–H groups in total. The lowest BCUT2D eigenvalue weighted by Crippen LogP contribution is -2.23. The molecule has 1 aliphatic rings. The predicted molar refractivity (Wildman–Crippen MR) is 80.1 cm³/mol. The summed E-state index contributed by atoms with van der Waals surface area (Å²) in [4.78, 5) is 37.0. The monoisotopic (exact) mass is 295 g/mol. The van der Waals surface area contributed by atoms with Gasteiger partial charge < -0.3 is 10.5 Å². The summed E-state index contributed by atoms with van der Waals surface area (Å²) in [7, 11) is 0. The third-order valence-corrected chi connectivity index (χ3v) is 3.57. The van der Waals surface area contributed by atoms with E-state index in [4.69, 9.17) is 10.5 Å². The molecule has 0 unspecified atom stereocenters. The van der Waals surface area contributed by atoms with E-state index in [1.165, 1.54) is 12.1 Å². The van der Waals surface area contributed by atoms with Crippen LogP contribution >= 0.6 is 0 Å². The number of anilines is 1. The first-order chi connectivity index (χ1) is 10.5. The third kappa shape index (κ3) is 1.98. The van der Waals surface area contributed by atoms with Crippen molar-refractivity contribution in [3.63, 3.8) is 0 Å². The molecule has 0 saturated carbocycles. The highest BCUT2D eigenvalue weighted by atomic mass is 16.5. The van der Waals surface area contributed by atoms with E-state index in [1.54, 1.807) is 31.2 Å². The molecule has 0 atom stereocenters. The maximum absolute atomic E-state index is 12.6. The molecule has 0 aromatic heterocycles. The molecule has 110 valence electrons. The van der Waals surface area contributed by atoms with Crippen LogP contribution in [-0.4, -0.2) is 24.1 Å². The van der Waals surface area contributed by atoms with Gasteiger partial charge in [0.1, 0.15) is 0 Å². The summed E-state index contributed by atoms with van der Waals surface area (Å²) >= 11 is 0. The van der Waals surface area contributed by atoms with Gasteiger partial charge in [0.25, 0.3) is 0 Å². The van der Waals surface area contributed by atoms with Gasteiger partial charge in [-0.25, -0.2) is 4.79 Å². The predicted octanol–water partition coefficient (Wildman–Crippen LogP) is 2.22. The van der Waals surface area contributed by atoms with Gasteiger partial charge >= 0.3 is 5.97 Å². The summed E-state index contributed by atoms with van der Waals surface area (Å²) in [5.74, 6) is -1.20. The molecule has 0 amide bonds. The highest BCUT2D eigenvalue weighted by Gasteiger charge is 2.32. The van der Waals surface area contributed by atoms with Gasteiger partial charge in [0.2, 0.25) is 0 Å². The fourth-order valence-corrected chi connectivity index (χ4v) is 2.59. The fraction of sp³-hybridized carbons (Fsp3) is 0.118. The zero-order chi connectivity index (χ0) is 15.9. The Hall–Kier alpha value is -2.95. The van der Waals surface area contributed by atoms with Crippen LogP contribution in [0.2, 0.25) is 0 Å². The van der Waals surface area contributed by atoms with Crippen molar-refractivity contribution in [3.05, 3.63) is 64.2 Å². The Balaban J connectivity index is 2.20. The van der Waals surface area contributed by atoms with Crippen molar-refractivity contribution in [2.45, 2.75) is 6.92 Å².